The molecular formula is C14H23N3O2S. The van der Waals surface area contributed by atoms with Gasteiger partial charge in [-0.15, -0.1) is 0 Å². The first kappa shape index (κ1) is 15.3. The van der Waals surface area contributed by atoms with Gasteiger partial charge in [-0.2, -0.15) is 0 Å². The molecule has 1 aliphatic heterocycles. The molecule has 1 aliphatic rings. The quantitative estimate of drug-likeness (QED) is 0.821. The Morgan fingerprint density at radius 2 is 1.90 bits per heavy atom. The highest BCUT2D eigenvalue weighted by Gasteiger charge is 2.30. The van der Waals surface area contributed by atoms with Gasteiger partial charge in [0.25, 0.3) is 0 Å². The first-order valence-electron chi connectivity index (χ1n) is 6.85. The summed E-state index contributed by atoms with van der Waals surface area (Å²) in [5.41, 5.74) is 6.04. The zero-order valence-electron chi connectivity index (χ0n) is 12.1. The van der Waals surface area contributed by atoms with E-state index < -0.39 is 10.0 Å². The summed E-state index contributed by atoms with van der Waals surface area (Å²) >= 11 is 0. The van der Waals surface area contributed by atoms with E-state index in [4.69, 9.17) is 5.73 Å². The number of likely N-dealkylation sites (tertiary alicyclic amines) is 1. The first-order valence-corrected chi connectivity index (χ1v) is 8.33. The van der Waals surface area contributed by atoms with Crippen LogP contribution in [-0.4, -0.2) is 40.0 Å². The van der Waals surface area contributed by atoms with E-state index >= 15 is 0 Å². The van der Waals surface area contributed by atoms with Gasteiger partial charge in [0.05, 0.1) is 5.69 Å². The van der Waals surface area contributed by atoms with E-state index in [1.807, 2.05) is 0 Å². The largest absolute Gasteiger partial charge is 0.398 e. The molecule has 3 N–H and O–H groups in total. The average molecular weight is 297 g/mol. The van der Waals surface area contributed by atoms with E-state index in [-0.39, 0.29) is 16.0 Å². The molecule has 112 valence electrons. The maximum atomic E-state index is 12.3. The molecule has 1 saturated heterocycles. The van der Waals surface area contributed by atoms with Crippen LogP contribution in [0, 0.1) is 5.41 Å². The van der Waals surface area contributed by atoms with Gasteiger partial charge in [-0.05, 0) is 50.5 Å². The average Bonchev–Trinajstić information content (AvgIpc) is 2.41. The Morgan fingerprint density at radius 3 is 2.50 bits per heavy atom. The third-order valence-corrected chi connectivity index (χ3v) is 5.57. The van der Waals surface area contributed by atoms with Crippen molar-refractivity contribution < 1.29 is 8.42 Å². The van der Waals surface area contributed by atoms with Crippen LogP contribution >= 0.6 is 0 Å². The Morgan fingerprint density at radius 1 is 1.30 bits per heavy atom. The van der Waals surface area contributed by atoms with E-state index in [2.05, 4.69) is 23.6 Å². The number of hydrogen-bond acceptors (Lipinski definition) is 4. The number of nitrogens with two attached hydrogens (primary N) is 1. The summed E-state index contributed by atoms with van der Waals surface area (Å²) in [5, 5.41) is 0. The zero-order valence-corrected chi connectivity index (χ0v) is 12.9. The van der Waals surface area contributed by atoms with Gasteiger partial charge >= 0.3 is 0 Å². The minimum atomic E-state index is -3.53. The van der Waals surface area contributed by atoms with Crippen LogP contribution in [0.1, 0.15) is 19.8 Å². The van der Waals surface area contributed by atoms with Gasteiger partial charge in [-0.1, -0.05) is 19.1 Å². The molecule has 0 spiro atoms. The molecule has 1 aromatic rings. The number of nitrogens with zero attached hydrogens (tertiary/aromatic N) is 1. The lowest BCUT2D eigenvalue weighted by molar-refractivity contribution is 0.143. The van der Waals surface area contributed by atoms with E-state index in [0.717, 1.165) is 25.9 Å². The monoisotopic (exact) mass is 297 g/mol. The molecular weight excluding hydrogens is 274 g/mol. The zero-order chi connectivity index (χ0) is 14.8. The van der Waals surface area contributed by atoms with Crippen LogP contribution in [0.5, 0.6) is 0 Å². The van der Waals surface area contributed by atoms with Gasteiger partial charge in [-0.3, -0.25) is 0 Å². The highest BCUT2D eigenvalue weighted by atomic mass is 32.2. The lowest BCUT2D eigenvalue weighted by Gasteiger charge is -2.37. The van der Waals surface area contributed by atoms with Crippen molar-refractivity contribution in [2.24, 2.45) is 5.41 Å². The first-order chi connectivity index (χ1) is 9.32. The minimum Gasteiger partial charge on any atom is -0.398 e. The van der Waals surface area contributed by atoms with Crippen LogP contribution < -0.4 is 10.5 Å². The molecule has 5 nitrogen and oxygen atoms in total. The molecule has 0 saturated carbocycles. The Kier molecular flexibility index (Phi) is 4.36. The SMILES string of the molecule is CN1CCC(C)(CNS(=O)(=O)c2ccccc2N)CC1. The molecule has 0 aliphatic carbocycles. The van der Waals surface area contributed by atoms with E-state index in [0.29, 0.717) is 6.54 Å². The van der Waals surface area contributed by atoms with Crippen LogP contribution in [0.2, 0.25) is 0 Å². The van der Waals surface area contributed by atoms with Gasteiger partial charge in [0.1, 0.15) is 4.90 Å². The molecule has 0 atom stereocenters. The molecule has 20 heavy (non-hydrogen) atoms. The lowest BCUT2D eigenvalue weighted by Crippen LogP contribution is -2.43. The summed E-state index contributed by atoms with van der Waals surface area (Å²) in [6.45, 7) is 4.60. The number of nitrogen functional groups attached to an aromatic ring is 1. The predicted octanol–water partition coefficient (Wildman–Crippen LogP) is 1.28. The van der Waals surface area contributed by atoms with Crippen LogP contribution in [0.25, 0.3) is 0 Å². The minimum absolute atomic E-state index is 0.0170. The molecule has 1 fully saturated rings. The van der Waals surface area contributed by atoms with Crippen molar-refractivity contribution in [2.75, 3.05) is 32.4 Å². The number of piperidine rings is 1. The van der Waals surface area contributed by atoms with Crippen molar-refractivity contribution >= 4 is 15.7 Å². The van der Waals surface area contributed by atoms with Crippen LogP contribution in [-0.2, 0) is 10.0 Å². The molecule has 0 radical (unpaired) electrons. The highest BCUT2D eigenvalue weighted by Crippen LogP contribution is 2.30. The standard InChI is InChI=1S/C14H23N3O2S/c1-14(7-9-17(2)10-8-14)11-16-20(18,19)13-6-4-3-5-12(13)15/h3-6,16H,7-11,15H2,1-2H3. The molecule has 0 aromatic heterocycles. The third-order valence-electron chi connectivity index (χ3n) is 4.09. The summed E-state index contributed by atoms with van der Waals surface area (Å²) in [7, 11) is -1.44. The normalized spacial score (nSPS) is 19.9. The third kappa shape index (κ3) is 3.50. The number of benzene rings is 1. The molecule has 0 amide bonds. The van der Waals surface area contributed by atoms with E-state index in [9.17, 15) is 8.42 Å². The lowest BCUT2D eigenvalue weighted by atomic mass is 9.81. The second-order valence-electron chi connectivity index (χ2n) is 5.98. The van der Waals surface area contributed by atoms with E-state index in [1.54, 1.807) is 18.2 Å². The van der Waals surface area contributed by atoms with Crippen molar-refractivity contribution in [1.82, 2.24) is 9.62 Å². The molecule has 1 heterocycles. The predicted molar refractivity (Wildman–Crippen MR) is 80.9 cm³/mol. The maximum Gasteiger partial charge on any atom is 0.242 e. The maximum absolute atomic E-state index is 12.3. The summed E-state index contributed by atoms with van der Waals surface area (Å²) in [6.07, 6.45) is 1.99. The van der Waals surface area contributed by atoms with Gasteiger partial charge in [0.2, 0.25) is 10.0 Å². The Hall–Kier alpha value is -1.11. The van der Waals surface area contributed by atoms with Crippen molar-refractivity contribution in [3.63, 3.8) is 0 Å². The van der Waals surface area contributed by atoms with Crippen molar-refractivity contribution in [2.45, 2.75) is 24.7 Å². The fourth-order valence-corrected chi connectivity index (χ4v) is 3.74. The second-order valence-corrected chi connectivity index (χ2v) is 7.71. The number of nitrogens with one attached hydrogen (secondary N) is 1. The molecule has 2 rings (SSSR count). The Bertz CT molecular complexity index is 564. The number of sulfonamides is 1. The van der Waals surface area contributed by atoms with Crippen molar-refractivity contribution in [3.05, 3.63) is 24.3 Å². The highest BCUT2D eigenvalue weighted by molar-refractivity contribution is 7.89. The number of anilines is 1. The Labute approximate surface area is 121 Å². The summed E-state index contributed by atoms with van der Waals surface area (Å²) in [4.78, 5) is 2.43. The topological polar surface area (TPSA) is 75.4 Å². The fraction of sp³-hybridized carbons (Fsp3) is 0.571. The smallest absolute Gasteiger partial charge is 0.242 e. The van der Waals surface area contributed by atoms with Gasteiger partial charge in [0.15, 0.2) is 0 Å². The van der Waals surface area contributed by atoms with Crippen LogP contribution in [0.4, 0.5) is 5.69 Å². The summed E-state index contributed by atoms with van der Waals surface area (Å²) < 4.78 is 27.3. The summed E-state index contributed by atoms with van der Waals surface area (Å²) in [5.74, 6) is 0. The van der Waals surface area contributed by atoms with Gasteiger partial charge in [0, 0.05) is 6.54 Å². The van der Waals surface area contributed by atoms with Crippen molar-refractivity contribution in [1.29, 1.82) is 0 Å². The van der Waals surface area contributed by atoms with Gasteiger partial charge in [-0.25, -0.2) is 13.1 Å². The second kappa shape index (κ2) is 5.71. The molecule has 0 unspecified atom stereocenters. The van der Waals surface area contributed by atoms with Crippen LogP contribution in [0.3, 0.4) is 0 Å². The number of para-hydroxylation sites is 1. The van der Waals surface area contributed by atoms with Crippen molar-refractivity contribution in [3.8, 4) is 0 Å². The molecule has 1 aromatic carbocycles. The molecule has 6 heteroatoms. The summed E-state index contributed by atoms with van der Waals surface area (Å²) in [6, 6.07) is 6.55. The van der Waals surface area contributed by atoms with E-state index in [1.165, 1.54) is 6.07 Å². The number of rotatable bonds is 4. The molecule has 0 bridgehead atoms. The Balaban J connectivity index is 2.05. The van der Waals surface area contributed by atoms with Crippen LogP contribution in [0.15, 0.2) is 29.2 Å². The fourth-order valence-electron chi connectivity index (χ4n) is 2.41. The van der Waals surface area contributed by atoms with Gasteiger partial charge < -0.3 is 10.6 Å². The number of hydrogen-bond donors (Lipinski definition) is 2.